The highest BCUT2D eigenvalue weighted by molar-refractivity contribution is 9.10. The minimum Gasteiger partial charge on any atom is -0.511 e. The first-order chi connectivity index (χ1) is 8.87. The molecule has 1 aromatic carbocycles. The van der Waals surface area contributed by atoms with Gasteiger partial charge in [-0.15, -0.1) is 0 Å². The van der Waals surface area contributed by atoms with Crippen molar-refractivity contribution in [3.63, 3.8) is 0 Å². The Hall–Kier alpha value is -1.42. The van der Waals surface area contributed by atoms with Crippen LogP contribution in [0.3, 0.4) is 0 Å². The molecule has 0 amide bonds. The lowest BCUT2D eigenvalue weighted by molar-refractivity contribution is -0.117. The van der Waals surface area contributed by atoms with Crippen LogP contribution < -0.4 is 0 Å². The minimum absolute atomic E-state index is 0.0486. The summed E-state index contributed by atoms with van der Waals surface area (Å²) in [7, 11) is 0. The van der Waals surface area contributed by atoms with Crippen molar-refractivity contribution in [3.05, 3.63) is 40.1 Å². The summed E-state index contributed by atoms with van der Waals surface area (Å²) in [6.45, 7) is 3.95. The molecular weight excluding hydrogens is 306 g/mol. The zero-order chi connectivity index (χ0) is 14.0. The number of aliphatic hydroxyl groups excluding tert-OH is 1. The van der Waals surface area contributed by atoms with Gasteiger partial charge in [-0.05, 0) is 23.6 Å². The Morgan fingerprint density at radius 1 is 1.37 bits per heavy atom. The van der Waals surface area contributed by atoms with Crippen molar-refractivity contribution < 1.29 is 9.90 Å². The van der Waals surface area contributed by atoms with E-state index in [1.807, 2.05) is 38.1 Å². The quantitative estimate of drug-likeness (QED) is 0.823. The second kappa shape index (κ2) is 5.29. The lowest BCUT2D eigenvalue weighted by atomic mass is 9.77. The van der Waals surface area contributed by atoms with Gasteiger partial charge in [0.05, 0.1) is 11.3 Å². The molecule has 1 N–H and O–H groups in total. The number of carbonyl (C=O) groups excluding carboxylic acids is 1. The zero-order valence-corrected chi connectivity index (χ0v) is 12.6. The van der Waals surface area contributed by atoms with Crippen molar-refractivity contribution in [1.29, 1.82) is 0 Å². The minimum atomic E-state index is -0.172. The van der Waals surface area contributed by atoms with E-state index in [9.17, 15) is 9.90 Å². The Balaban J connectivity index is 2.25. The molecular formula is C15H16BrNO2. The van der Waals surface area contributed by atoms with Crippen LogP contribution >= 0.6 is 15.9 Å². The number of hydrogen-bond donors (Lipinski definition) is 1. The summed E-state index contributed by atoms with van der Waals surface area (Å²) in [4.78, 5) is 16.2. The van der Waals surface area contributed by atoms with Gasteiger partial charge in [0, 0.05) is 23.5 Å². The van der Waals surface area contributed by atoms with Gasteiger partial charge in [0.1, 0.15) is 5.76 Å². The summed E-state index contributed by atoms with van der Waals surface area (Å²) in [6, 6.07) is 7.47. The molecule has 0 saturated heterocycles. The maximum Gasteiger partial charge on any atom is 0.168 e. The molecule has 0 atom stereocenters. The first-order valence-corrected chi connectivity index (χ1v) is 6.92. The van der Waals surface area contributed by atoms with Crippen LogP contribution in [0.1, 0.15) is 26.7 Å². The van der Waals surface area contributed by atoms with E-state index >= 15 is 0 Å². The van der Waals surface area contributed by atoms with E-state index in [1.54, 1.807) is 0 Å². The van der Waals surface area contributed by atoms with Gasteiger partial charge < -0.3 is 5.11 Å². The molecule has 0 radical (unpaired) electrons. The number of rotatable bonds is 2. The summed E-state index contributed by atoms with van der Waals surface area (Å²) in [6.07, 6.45) is 2.42. The van der Waals surface area contributed by atoms with Crippen molar-refractivity contribution in [2.24, 2.45) is 10.4 Å². The van der Waals surface area contributed by atoms with Crippen molar-refractivity contribution in [2.75, 3.05) is 0 Å². The number of allylic oxidation sites excluding steroid dienone is 2. The number of halogens is 1. The molecule has 0 aromatic heterocycles. The SMILES string of the molecule is CC1(C)CC(=O)C(C=Nc2cccc(Br)c2)=C(O)C1. The monoisotopic (exact) mass is 321 g/mol. The van der Waals surface area contributed by atoms with E-state index in [0.717, 1.165) is 10.2 Å². The van der Waals surface area contributed by atoms with Crippen LogP contribution in [0, 0.1) is 5.41 Å². The van der Waals surface area contributed by atoms with Gasteiger partial charge >= 0.3 is 0 Å². The molecule has 1 aliphatic rings. The second-order valence-electron chi connectivity index (χ2n) is 5.54. The zero-order valence-electron chi connectivity index (χ0n) is 11.0. The maximum absolute atomic E-state index is 12.0. The Kier molecular flexibility index (Phi) is 3.90. The summed E-state index contributed by atoms with van der Waals surface area (Å²) in [5.41, 5.74) is 0.903. The second-order valence-corrected chi connectivity index (χ2v) is 6.46. The highest BCUT2D eigenvalue weighted by Gasteiger charge is 2.32. The molecule has 0 saturated carbocycles. The molecule has 1 aliphatic carbocycles. The van der Waals surface area contributed by atoms with Crippen LogP contribution in [0.25, 0.3) is 0 Å². The van der Waals surface area contributed by atoms with Gasteiger partial charge in [0.25, 0.3) is 0 Å². The number of Topliss-reactive ketones (excluding diaryl/α,β-unsaturated/α-hetero) is 1. The van der Waals surface area contributed by atoms with Gasteiger partial charge in [-0.25, -0.2) is 0 Å². The molecule has 3 nitrogen and oxygen atoms in total. The van der Waals surface area contributed by atoms with Gasteiger partial charge in [-0.1, -0.05) is 35.8 Å². The molecule has 0 bridgehead atoms. The summed E-state index contributed by atoms with van der Waals surface area (Å²) in [5.74, 6) is 0.0903. The van der Waals surface area contributed by atoms with Crippen LogP contribution in [0.4, 0.5) is 5.69 Å². The molecule has 4 heteroatoms. The average Bonchev–Trinajstić information content (AvgIpc) is 2.26. The predicted octanol–water partition coefficient (Wildman–Crippen LogP) is 4.35. The summed E-state index contributed by atoms with van der Waals surface area (Å²) < 4.78 is 0.927. The Bertz CT molecular complexity index is 573. The number of carbonyl (C=O) groups is 1. The number of aliphatic hydroxyl groups is 1. The third kappa shape index (κ3) is 3.53. The molecule has 0 unspecified atom stereocenters. The third-order valence-electron chi connectivity index (χ3n) is 3.05. The van der Waals surface area contributed by atoms with E-state index < -0.39 is 0 Å². The van der Waals surface area contributed by atoms with Crippen molar-refractivity contribution in [1.82, 2.24) is 0 Å². The molecule has 0 spiro atoms. The van der Waals surface area contributed by atoms with Crippen molar-refractivity contribution in [3.8, 4) is 0 Å². The van der Waals surface area contributed by atoms with Crippen molar-refractivity contribution >= 4 is 33.6 Å². The molecule has 100 valence electrons. The predicted molar refractivity (Wildman–Crippen MR) is 80.0 cm³/mol. The van der Waals surface area contributed by atoms with Crippen LogP contribution in [-0.4, -0.2) is 17.1 Å². The average molecular weight is 322 g/mol. The summed E-state index contributed by atoms with van der Waals surface area (Å²) >= 11 is 3.36. The van der Waals surface area contributed by atoms with Crippen LogP contribution in [0.2, 0.25) is 0 Å². The lowest BCUT2D eigenvalue weighted by Gasteiger charge is -2.28. The van der Waals surface area contributed by atoms with E-state index in [1.165, 1.54) is 6.21 Å². The van der Waals surface area contributed by atoms with E-state index in [-0.39, 0.29) is 17.0 Å². The topological polar surface area (TPSA) is 49.7 Å². The Morgan fingerprint density at radius 2 is 2.11 bits per heavy atom. The van der Waals surface area contributed by atoms with Gasteiger partial charge in [0.15, 0.2) is 5.78 Å². The highest BCUT2D eigenvalue weighted by atomic mass is 79.9. The molecule has 0 fully saturated rings. The standard InChI is InChI=1S/C15H16BrNO2/c1-15(2)7-13(18)12(14(19)8-15)9-17-11-5-3-4-10(16)6-11/h3-6,9,18H,7-8H2,1-2H3. The number of benzene rings is 1. The van der Waals surface area contributed by atoms with E-state index in [0.29, 0.717) is 18.4 Å². The third-order valence-corrected chi connectivity index (χ3v) is 3.54. The fraction of sp³-hybridized carbons (Fsp3) is 0.333. The van der Waals surface area contributed by atoms with Crippen LogP contribution in [-0.2, 0) is 4.79 Å². The largest absolute Gasteiger partial charge is 0.511 e. The smallest absolute Gasteiger partial charge is 0.168 e. The molecule has 0 heterocycles. The summed E-state index contributed by atoms with van der Waals surface area (Å²) in [5, 5.41) is 9.97. The first kappa shape index (κ1) is 14.0. The molecule has 0 aliphatic heterocycles. The van der Waals surface area contributed by atoms with Crippen LogP contribution in [0.15, 0.2) is 45.1 Å². The van der Waals surface area contributed by atoms with Crippen LogP contribution in [0.5, 0.6) is 0 Å². The molecule has 19 heavy (non-hydrogen) atoms. The van der Waals surface area contributed by atoms with Gasteiger partial charge in [-0.2, -0.15) is 0 Å². The van der Waals surface area contributed by atoms with Gasteiger partial charge in [-0.3, -0.25) is 9.79 Å². The van der Waals surface area contributed by atoms with Crippen molar-refractivity contribution in [2.45, 2.75) is 26.7 Å². The normalized spacial score (nSPS) is 19.2. The maximum atomic E-state index is 12.0. The molecule has 1 aromatic rings. The van der Waals surface area contributed by atoms with E-state index in [2.05, 4.69) is 20.9 Å². The van der Waals surface area contributed by atoms with Gasteiger partial charge in [0.2, 0.25) is 0 Å². The highest BCUT2D eigenvalue weighted by Crippen LogP contribution is 2.35. The number of aliphatic imine (C=N–C) groups is 1. The first-order valence-electron chi connectivity index (χ1n) is 6.12. The lowest BCUT2D eigenvalue weighted by Crippen LogP contribution is -2.26. The fourth-order valence-electron chi connectivity index (χ4n) is 2.14. The number of nitrogens with zero attached hydrogens (tertiary/aromatic N) is 1. The fourth-order valence-corrected chi connectivity index (χ4v) is 2.53. The number of hydrogen-bond acceptors (Lipinski definition) is 3. The number of ketones is 1. The molecule has 2 rings (SSSR count). The van der Waals surface area contributed by atoms with E-state index in [4.69, 9.17) is 0 Å². The Labute approximate surface area is 121 Å². The Morgan fingerprint density at radius 3 is 2.74 bits per heavy atom.